The van der Waals surface area contributed by atoms with Gasteiger partial charge >= 0.3 is 5.97 Å². The van der Waals surface area contributed by atoms with Crippen LogP contribution in [0.1, 0.15) is 34.7 Å². The molecule has 1 saturated heterocycles. The molecule has 2 atom stereocenters. The van der Waals surface area contributed by atoms with E-state index in [1.165, 1.54) is 12.3 Å². The van der Waals surface area contributed by atoms with E-state index in [1.807, 2.05) is 23.6 Å². The zero-order chi connectivity index (χ0) is 14.0. The van der Waals surface area contributed by atoms with Gasteiger partial charge in [-0.1, -0.05) is 6.92 Å². The topological polar surface area (TPSA) is 70.5 Å². The standard InChI is InChI=1S/C13H16N2O3S/c1-8-9(2)19-6-5-15(8)12(16)10-3-4-14-11(7-10)13(17)18/h3-4,7-9H,5-6H2,1-2H3,(H,17,18). The van der Waals surface area contributed by atoms with Gasteiger partial charge in [0.2, 0.25) is 0 Å². The van der Waals surface area contributed by atoms with Crippen molar-refractivity contribution in [2.75, 3.05) is 12.3 Å². The third-order valence-electron chi connectivity index (χ3n) is 3.37. The summed E-state index contributed by atoms with van der Waals surface area (Å²) in [5.41, 5.74) is 0.288. The zero-order valence-electron chi connectivity index (χ0n) is 10.9. The number of aromatic nitrogens is 1. The Kier molecular flexibility index (Phi) is 4.09. The molecule has 1 amide bonds. The van der Waals surface area contributed by atoms with E-state index in [0.717, 1.165) is 5.75 Å². The molecule has 0 radical (unpaired) electrons. The minimum absolute atomic E-state index is 0.0991. The fourth-order valence-electron chi connectivity index (χ4n) is 2.07. The van der Waals surface area contributed by atoms with Gasteiger partial charge in [0.25, 0.3) is 5.91 Å². The number of amides is 1. The molecule has 0 bridgehead atoms. The molecule has 102 valence electrons. The fourth-order valence-corrected chi connectivity index (χ4v) is 3.17. The quantitative estimate of drug-likeness (QED) is 0.893. The molecule has 0 aromatic carbocycles. The summed E-state index contributed by atoms with van der Waals surface area (Å²) in [6, 6.07) is 3.05. The normalized spacial score (nSPS) is 23.2. The van der Waals surface area contributed by atoms with Crippen molar-refractivity contribution in [3.8, 4) is 0 Å². The van der Waals surface area contributed by atoms with Gasteiger partial charge in [0.1, 0.15) is 5.69 Å². The average Bonchev–Trinajstić information content (AvgIpc) is 2.41. The Morgan fingerprint density at radius 3 is 2.89 bits per heavy atom. The van der Waals surface area contributed by atoms with Gasteiger partial charge in [0, 0.05) is 35.3 Å². The van der Waals surface area contributed by atoms with Gasteiger partial charge in [-0.3, -0.25) is 4.79 Å². The number of pyridine rings is 1. The summed E-state index contributed by atoms with van der Waals surface area (Å²) < 4.78 is 0. The zero-order valence-corrected chi connectivity index (χ0v) is 11.7. The Morgan fingerprint density at radius 1 is 1.47 bits per heavy atom. The first-order valence-corrected chi connectivity index (χ1v) is 7.17. The van der Waals surface area contributed by atoms with E-state index in [4.69, 9.17) is 5.11 Å². The molecule has 1 fully saturated rings. The molecule has 1 aliphatic rings. The molecule has 2 unspecified atom stereocenters. The van der Waals surface area contributed by atoms with Crippen molar-refractivity contribution < 1.29 is 14.7 Å². The van der Waals surface area contributed by atoms with Crippen molar-refractivity contribution >= 4 is 23.6 Å². The maximum Gasteiger partial charge on any atom is 0.354 e. The highest BCUT2D eigenvalue weighted by atomic mass is 32.2. The monoisotopic (exact) mass is 280 g/mol. The second kappa shape index (κ2) is 5.61. The van der Waals surface area contributed by atoms with Crippen LogP contribution in [0.25, 0.3) is 0 Å². The van der Waals surface area contributed by atoms with Gasteiger partial charge < -0.3 is 10.0 Å². The highest BCUT2D eigenvalue weighted by molar-refractivity contribution is 8.00. The van der Waals surface area contributed by atoms with Crippen LogP contribution in [0.3, 0.4) is 0 Å². The highest BCUT2D eigenvalue weighted by Gasteiger charge is 2.29. The van der Waals surface area contributed by atoms with Crippen LogP contribution in [-0.4, -0.2) is 50.5 Å². The molecule has 1 N–H and O–H groups in total. The summed E-state index contributed by atoms with van der Waals surface area (Å²) in [5, 5.41) is 9.29. The maximum absolute atomic E-state index is 12.4. The summed E-state index contributed by atoms with van der Waals surface area (Å²) in [7, 11) is 0. The van der Waals surface area contributed by atoms with E-state index in [0.29, 0.717) is 17.4 Å². The Labute approximate surface area is 116 Å². The van der Waals surface area contributed by atoms with Crippen molar-refractivity contribution in [2.24, 2.45) is 0 Å². The number of hydrogen-bond donors (Lipinski definition) is 1. The van der Waals surface area contributed by atoms with Crippen molar-refractivity contribution in [1.82, 2.24) is 9.88 Å². The lowest BCUT2D eigenvalue weighted by Crippen LogP contribution is -2.48. The summed E-state index contributed by atoms with van der Waals surface area (Å²) in [6.07, 6.45) is 1.36. The van der Waals surface area contributed by atoms with Crippen molar-refractivity contribution in [1.29, 1.82) is 0 Å². The molecule has 2 heterocycles. The molecule has 1 aliphatic heterocycles. The van der Waals surface area contributed by atoms with Crippen LogP contribution >= 0.6 is 11.8 Å². The molecular formula is C13H16N2O3S. The number of rotatable bonds is 2. The van der Waals surface area contributed by atoms with E-state index in [1.54, 1.807) is 6.07 Å². The maximum atomic E-state index is 12.4. The SMILES string of the molecule is CC1SCCN(C(=O)c2ccnc(C(=O)O)c2)C1C. The highest BCUT2D eigenvalue weighted by Crippen LogP contribution is 2.25. The lowest BCUT2D eigenvalue weighted by atomic mass is 10.1. The average molecular weight is 280 g/mol. The third kappa shape index (κ3) is 2.89. The van der Waals surface area contributed by atoms with Gasteiger partial charge in [0.05, 0.1) is 0 Å². The van der Waals surface area contributed by atoms with Crippen molar-refractivity contribution in [2.45, 2.75) is 25.1 Å². The Morgan fingerprint density at radius 2 is 2.21 bits per heavy atom. The Hall–Kier alpha value is -1.56. The smallest absolute Gasteiger partial charge is 0.354 e. The Bertz CT molecular complexity index is 506. The molecule has 5 nitrogen and oxygen atoms in total. The number of thioether (sulfide) groups is 1. The second-order valence-corrected chi connectivity index (χ2v) is 6.04. The van der Waals surface area contributed by atoms with E-state index in [2.05, 4.69) is 11.9 Å². The number of carboxylic acids is 1. The van der Waals surface area contributed by atoms with Gasteiger partial charge in [-0.25, -0.2) is 9.78 Å². The minimum Gasteiger partial charge on any atom is -0.477 e. The second-order valence-electron chi connectivity index (χ2n) is 4.55. The molecule has 1 aromatic heterocycles. The summed E-state index contributed by atoms with van der Waals surface area (Å²) in [5.74, 6) is -0.330. The minimum atomic E-state index is -1.12. The molecule has 19 heavy (non-hydrogen) atoms. The van der Waals surface area contributed by atoms with Crippen molar-refractivity contribution in [3.63, 3.8) is 0 Å². The molecular weight excluding hydrogens is 264 g/mol. The number of aromatic carboxylic acids is 1. The van der Waals surface area contributed by atoms with Gasteiger partial charge in [0.15, 0.2) is 0 Å². The third-order valence-corrected chi connectivity index (χ3v) is 4.71. The molecule has 0 saturated carbocycles. The number of carbonyl (C=O) groups excluding carboxylic acids is 1. The van der Waals surface area contributed by atoms with E-state index in [-0.39, 0.29) is 17.6 Å². The largest absolute Gasteiger partial charge is 0.477 e. The predicted molar refractivity (Wildman–Crippen MR) is 73.6 cm³/mol. The van der Waals surface area contributed by atoms with Crippen LogP contribution in [0, 0.1) is 0 Å². The van der Waals surface area contributed by atoms with Crippen LogP contribution in [0.15, 0.2) is 18.3 Å². The van der Waals surface area contributed by atoms with E-state index >= 15 is 0 Å². The first-order chi connectivity index (χ1) is 9.00. The number of carbonyl (C=O) groups is 2. The number of nitrogens with zero attached hydrogens (tertiary/aromatic N) is 2. The van der Waals surface area contributed by atoms with Crippen LogP contribution < -0.4 is 0 Å². The lowest BCUT2D eigenvalue weighted by molar-refractivity contribution is 0.0690. The predicted octanol–water partition coefficient (Wildman–Crippen LogP) is 1.75. The van der Waals surface area contributed by atoms with Crippen LogP contribution in [-0.2, 0) is 0 Å². The number of hydrogen-bond acceptors (Lipinski definition) is 4. The molecule has 1 aromatic rings. The first-order valence-electron chi connectivity index (χ1n) is 6.12. The van der Waals surface area contributed by atoms with Gasteiger partial charge in [-0.15, -0.1) is 0 Å². The van der Waals surface area contributed by atoms with E-state index < -0.39 is 5.97 Å². The fraction of sp³-hybridized carbons (Fsp3) is 0.462. The summed E-state index contributed by atoms with van der Waals surface area (Å²) >= 11 is 1.85. The van der Waals surface area contributed by atoms with E-state index in [9.17, 15) is 9.59 Å². The molecule has 0 aliphatic carbocycles. The molecule has 6 heteroatoms. The molecule has 2 rings (SSSR count). The lowest BCUT2D eigenvalue weighted by Gasteiger charge is -2.37. The van der Waals surface area contributed by atoms with Gasteiger partial charge in [-0.2, -0.15) is 11.8 Å². The Balaban J connectivity index is 2.23. The van der Waals surface area contributed by atoms with Crippen LogP contribution in [0.4, 0.5) is 0 Å². The summed E-state index contributed by atoms with van der Waals surface area (Å²) in [6.45, 7) is 4.82. The van der Waals surface area contributed by atoms with Gasteiger partial charge in [-0.05, 0) is 19.1 Å². The molecule has 0 spiro atoms. The number of carboxylic acid groups (broad SMARTS) is 1. The van der Waals surface area contributed by atoms with Crippen LogP contribution in [0.5, 0.6) is 0 Å². The van der Waals surface area contributed by atoms with Crippen molar-refractivity contribution in [3.05, 3.63) is 29.6 Å². The summed E-state index contributed by atoms with van der Waals surface area (Å²) in [4.78, 5) is 28.8. The van der Waals surface area contributed by atoms with Crippen LogP contribution in [0.2, 0.25) is 0 Å². The first kappa shape index (κ1) is 13.9.